The van der Waals surface area contributed by atoms with Crippen LogP contribution in [0, 0.1) is 11.7 Å². The summed E-state index contributed by atoms with van der Waals surface area (Å²) in [4.78, 5) is 8.83. The number of imidazole rings is 1. The van der Waals surface area contributed by atoms with Gasteiger partial charge in [-0.2, -0.15) is 0 Å². The zero-order chi connectivity index (χ0) is 19.5. The van der Waals surface area contributed by atoms with E-state index in [1.807, 2.05) is 30.3 Å². The highest BCUT2D eigenvalue weighted by molar-refractivity contribution is 9.10. The molecule has 2 aliphatic rings. The summed E-state index contributed by atoms with van der Waals surface area (Å²) in [7, 11) is 0. The molecule has 0 saturated heterocycles. The van der Waals surface area contributed by atoms with Crippen LogP contribution in [0.4, 0.5) is 4.39 Å². The molecule has 0 N–H and O–H groups in total. The molecule has 0 radical (unpaired) electrons. The Labute approximate surface area is 175 Å². The van der Waals surface area contributed by atoms with Crippen LogP contribution in [-0.4, -0.2) is 14.5 Å². The van der Waals surface area contributed by atoms with Gasteiger partial charge in [-0.3, -0.25) is 4.98 Å². The third-order valence-electron chi connectivity index (χ3n) is 6.00. The van der Waals surface area contributed by atoms with Crippen LogP contribution in [0.15, 0.2) is 65.4 Å². The minimum absolute atomic E-state index is 0.158. The van der Waals surface area contributed by atoms with Crippen LogP contribution in [-0.2, 0) is 6.61 Å². The molecule has 1 unspecified atom stereocenters. The first-order valence-corrected chi connectivity index (χ1v) is 10.5. The van der Waals surface area contributed by atoms with Crippen LogP contribution < -0.4 is 4.74 Å². The van der Waals surface area contributed by atoms with Crippen LogP contribution in [0.3, 0.4) is 0 Å². The molecule has 1 fully saturated rings. The highest BCUT2D eigenvalue weighted by atomic mass is 79.9. The van der Waals surface area contributed by atoms with E-state index >= 15 is 0 Å². The number of pyridine rings is 1. The summed E-state index contributed by atoms with van der Waals surface area (Å²) in [5, 5.41) is 0. The average molecular weight is 450 g/mol. The predicted octanol–water partition coefficient (Wildman–Crippen LogP) is 5.62. The Balaban J connectivity index is 1.43. The first-order valence-electron chi connectivity index (χ1n) is 9.68. The highest BCUT2D eigenvalue weighted by Gasteiger charge is 2.55. The van der Waals surface area contributed by atoms with Gasteiger partial charge >= 0.3 is 0 Å². The van der Waals surface area contributed by atoms with E-state index in [0.717, 1.165) is 34.6 Å². The molecule has 4 aromatic rings. The van der Waals surface area contributed by atoms with E-state index in [9.17, 15) is 4.39 Å². The maximum absolute atomic E-state index is 14.0. The van der Waals surface area contributed by atoms with Crippen molar-refractivity contribution in [1.29, 1.82) is 0 Å². The Bertz CT molecular complexity index is 1240. The Morgan fingerprint density at radius 3 is 2.83 bits per heavy atom. The first-order chi connectivity index (χ1) is 14.2. The van der Waals surface area contributed by atoms with Crippen molar-refractivity contribution in [2.45, 2.75) is 25.0 Å². The summed E-state index contributed by atoms with van der Waals surface area (Å²) in [5.74, 6) is 2.64. The van der Waals surface area contributed by atoms with Crippen LogP contribution in [0.1, 0.15) is 35.3 Å². The molecule has 1 aliphatic heterocycles. The molecule has 0 amide bonds. The average Bonchev–Trinajstić information content (AvgIpc) is 3.36. The van der Waals surface area contributed by atoms with Gasteiger partial charge in [0.2, 0.25) is 0 Å². The number of benzene rings is 2. The third-order valence-corrected chi connectivity index (χ3v) is 6.60. The Hall–Kier alpha value is -2.73. The molecule has 3 atom stereocenters. The van der Waals surface area contributed by atoms with E-state index in [0.29, 0.717) is 28.4 Å². The zero-order valence-corrected chi connectivity index (χ0v) is 17.0. The van der Waals surface area contributed by atoms with Crippen molar-refractivity contribution in [2.24, 2.45) is 5.92 Å². The van der Waals surface area contributed by atoms with Gasteiger partial charge in [0, 0.05) is 29.9 Å². The van der Waals surface area contributed by atoms with Gasteiger partial charge in [-0.05, 0) is 58.1 Å². The van der Waals surface area contributed by atoms with Gasteiger partial charge in [0.1, 0.15) is 24.0 Å². The fourth-order valence-electron chi connectivity index (χ4n) is 4.58. The lowest BCUT2D eigenvalue weighted by molar-refractivity contribution is 0.298. The highest BCUT2D eigenvalue weighted by Crippen LogP contribution is 2.62. The molecule has 6 heteroatoms. The largest absolute Gasteiger partial charge is 0.489 e. The van der Waals surface area contributed by atoms with E-state index < -0.39 is 0 Å². The SMILES string of the molecule is Fc1cc2nc3n(c2cc1Br)C(c1ccccc1OCc1ccncc1)[C@@H]1C[C@H]31. The van der Waals surface area contributed by atoms with Crippen molar-refractivity contribution in [3.05, 3.63) is 88.2 Å². The van der Waals surface area contributed by atoms with E-state index in [-0.39, 0.29) is 11.9 Å². The van der Waals surface area contributed by atoms with Gasteiger partial charge in [0.25, 0.3) is 0 Å². The zero-order valence-electron chi connectivity index (χ0n) is 15.4. The second-order valence-corrected chi connectivity index (χ2v) is 8.58. The van der Waals surface area contributed by atoms with Crippen molar-refractivity contribution in [2.75, 3.05) is 0 Å². The topological polar surface area (TPSA) is 39.9 Å². The summed E-state index contributed by atoms with van der Waals surface area (Å²) in [6.07, 6.45) is 4.67. The smallest absolute Gasteiger partial charge is 0.139 e. The summed E-state index contributed by atoms with van der Waals surface area (Å²) in [5.41, 5.74) is 3.92. The second kappa shape index (κ2) is 6.39. The first kappa shape index (κ1) is 17.2. The van der Waals surface area contributed by atoms with Gasteiger partial charge in [-0.1, -0.05) is 18.2 Å². The molecule has 3 heterocycles. The van der Waals surface area contributed by atoms with Gasteiger partial charge in [0.05, 0.1) is 21.5 Å². The number of hydrogen-bond acceptors (Lipinski definition) is 3. The quantitative estimate of drug-likeness (QED) is 0.405. The lowest BCUT2D eigenvalue weighted by atomic mass is 10.0. The molecule has 1 saturated carbocycles. The normalized spacial score (nSPS) is 21.8. The molecule has 2 aromatic carbocycles. The molecule has 0 spiro atoms. The Morgan fingerprint density at radius 2 is 1.97 bits per heavy atom. The summed E-state index contributed by atoms with van der Waals surface area (Å²) in [6.45, 7) is 0.495. The standard InChI is InChI=1S/C23H17BrFN3O/c24-17-10-20-19(11-18(17)25)27-23-16-9-15(16)22(28(20)23)14-3-1-2-4-21(14)29-12-13-5-7-26-8-6-13/h1-8,10-11,15-16,22H,9,12H2/t15-,16+,22?/m1/s1. The lowest BCUT2D eigenvalue weighted by Crippen LogP contribution is -2.12. The van der Waals surface area contributed by atoms with E-state index in [1.165, 1.54) is 6.07 Å². The number of rotatable bonds is 4. The van der Waals surface area contributed by atoms with E-state index in [2.05, 4.69) is 37.6 Å². The molecule has 2 aromatic heterocycles. The summed E-state index contributed by atoms with van der Waals surface area (Å²) >= 11 is 3.33. The molecular weight excluding hydrogens is 433 g/mol. The number of para-hydroxylation sites is 1. The van der Waals surface area contributed by atoms with Gasteiger partial charge in [-0.25, -0.2) is 9.37 Å². The molecule has 1 aliphatic carbocycles. The van der Waals surface area contributed by atoms with Crippen LogP contribution >= 0.6 is 15.9 Å². The maximum atomic E-state index is 14.0. The maximum Gasteiger partial charge on any atom is 0.139 e. The van der Waals surface area contributed by atoms with E-state index in [1.54, 1.807) is 12.4 Å². The van der Waals surface area contributed by atoms with Gasteiger partial charge in [0.15, 0.2) is 0 Å². The number of aromatic nitrogens is 3. The number of nitrogens with zero attached hydrogens (tertiary/aromatic N) is 3. The summed E-state index contributed by atoms with van der Waals surface area (Å²) in [6, 6.07) is 15.7. The number of hydrogen-bond donors (Lipinski definition) is 0. The minimum Gasteiger partial charge on any atom is -0.489 e. The third kappa shape index (κ3) is 2.69. The van der Waals surface area contributed by atoms with Crippen molar-refractivity contribution >= 4 is 27.0 Å². The van der Waals surface area contributed by atoms with E-state index in [4.69, 9.17) is 9.72 Å². The van der Waals surface area contributed by atoms with Crippen LogP contribution in [0.25, 0.3) is 11.0 Å². The monoisotopic (exact) mass is 449 g/mol. The predicted molar refractivity (Wildman–Crippen MR) is 111 cm³/mol. The van der Waals surface area contributed by atoms with Gasteiger partial charge in [-0.15, -0.1) is 0 Å². The van der Waals surface area contributed by atoms with Crippen molar-refractivity contribution in [3.8, 4) is 5.75 Å². The fourth-order valence-corrected chi connectivity index (χ4v) is 4.91. The molecule has 144 valence electrons. The molecule has 6 rings (SSSR count). The van der Waals surface area contributed by atoms with Crippen molar-refractivity contribution < 1.29 is 9.13 Å². The molecule has 4 nitrogen and oxygen atoms in total. The lowest BCUT2D eigenvalue weighted by Gasteiger charge is -2.21. The fraction of sp³-hybridized carbons (Fsp3) is 0.217. The molecular formula is C23H17BrFN3O. The second-order valence-electron chi connectivity index (χ2n) is 7.73. The number of halogens is 2. The van der Waals surface area contributed by atoms with Gasteiger partial charge < -0.3 is 9.30 Å². The summed E-state index contributed by atoms with van der Waals surface area (Å²) < 4.78 is 23.0. The number of ether oxygens (including phenoxy) is 1. The Kier molecular flexibility index (Phi) is 3.78. The van der Waals surface area contributed by atoms with Crippen molar-refractivity contribution in [3.63, 3.8) is 0 Å². The van der Waals surface area contributed by atoms with Crippen LogP contribution in [0.2, 0.25) is 0 Å². The van der Waals surface area contributed by atoms with Crippen molar-refractivity contribution in [1.82, 2.24) is 14.5 Å². The minimum atomic E-state index is -0.278. The molecule has 0 bridgehead atoms. The molecule has 29 heavy (non-hydrogen) atoms. The van der Waals surface area contributed by atoms with Crippen LogP contribution in [0.5, 0.6) is 5.75 Å². The Morgan fingerprint density at radius 1 is 1.14 bits per heavy atom. The number of fused-ring (bicyclic) bond motifs is 5.